The minimum atomic E-state index is 0. The van der Waals surface area contributed by atoms with E-state index >= 15 is 0 Å². The number of rotatable bonds is 9. The minimum Gasteiger partial charge on any atom is -0.383 e. The van der Waals surface area contributed by atoms with Gasteiger partial charge in [0.25, 0.3) is 0 Å². The number of nitrogens with zero attached hydrogens (tertiary/aromatic N) is 1. The van der Waals surface area contributed by atoms with Crippen molar-refractivity contribution in [3.05, 3.63) is 51.7 Å². The molecule has 0 bridgehead atoms. The van der Waals surface area contributed by atoms with E-state index in [1.165, 1.54) is 15.3 Å². The maximum atomic E-state index is 5.04. The highest BCUT2D eigenvalue weighted by atomic mass is 127. The van der Waals surface area contributed by atoms with Crippen molar-refractivity contribution in [3.63, 3.8) is 0 Å². The Morgan fingerprint density at radius 2 is 1.73 bits per heavy atom. The van der Waals surface area contributed by atoms with E-state index in [4.69, 9.17) is 4.74 Å². The molecular formula is C19H29IN4OS. The third-order valence-electron chi connectivity index (χ3n) is 3.77. The van der Waals surface area contributed by atoms with Gasteiger partial charge >= 0.3 is 0 Å². The van der Waals surface area contributed by atoms with Crippen molar-refractivity contribution >= 4 is 47.0 Å². The average Bonchev–Trinajstić information content (AvgIpc) is 3.11. The van der Waals surface area contributed by atoms with Gasteiger partial charge in [-0.05, 0) is 36.2 Å². The van der Waals surface area contributed by atoms with Crippen LogP contribution in [0.2, 0.25) is 0 Å². The Morgan fingerprint density at radius 1 is 1.04 bits per heavy atom. The van der Waals surface area contributed by atoms with Crippen LogP contribution in [0.5, 0.6) is 0 Å². The molecule has 0 aliphatic carbocycles. The molecule has 7 heteroatoms. The first-order valence-electron chi connectivity index (χ1n) is 8.59. The highest BCUT2D eigenvalue weighted by Gasteiger charge is 2.02. The molecule has 3 N–H and O–H groups in total. The van der Waals surface area contributed by atoms with Crippen molar-refractivity contribution in [1.82, 2.24) is 10.6 Å². The van der Waals surface area contributed by atoms with Gasteiger partial charge in [0.05, 0.1) is 13.2 Å². The third kappa shape index (κ3) is 7.92. The zero-order chi connectivity index (χ0) is 17.9. The van der Waals surface area contributed by atoms with Crippen LogP contribution in [0, 0.1) is 0 Å². The van der Waals surface area contributed by atoms with Crippen LogP contribution in [-0.2, 0) is 24.2 Å². The molecule has 0 unspecified atom stereocenters. The van der Waals surface area contributed by atoms with Crippen LogP contribution in [0.1, 0.15) is 22.2 Å². The van der Waals surface area contributed by atoms with Crippen molar-refractivity contribution in [2.45, 2.75) is 26.4 Å². The number of ether oxygens (including phenoxy) is 1. The summed E-state index contributed by atoms with van der Waals surface area (Å²) in [6.07, 6.45) is 1.09. The Morgan fingerprint density at radius 3 is 2.35 bits per heavy atom. The lowest BCUT2D eigenvalue weighted by molar-refractivity contribution is 0.211. The van der Waals surface area contributed by atoms with Crippen LogP contribution in [-0.4, -0.2) is 33.3 Å². The maximum Gasteiger partial charge on any atom is 0.191 e. The quantitative estimate of drug-likeness (QED) is 0.217. The predicted octanol–water partition coefficient (Wildman–Crippen LogP) is 3.85. The fourth-order valence-corrected chi connectivity index (χ4v) is 3.22. The Hall–Kier alpha value is -1.32. The Kier molecular flexibility index (Phi) is 11.3. The lowest BCUT2D eigenvalue weighted by Gasteiger charge is -2.12. The molecule has 1 aromatic carbocycles. The molecule has 0 saturated carbocycles. The SMILES string of the molecule is CCc1ccc(CNC(=NC)NCc2ccc(NCCOC)cc2)s1.I. The van der Waals surface area contributed by atoms with Crippen molar-refractivity contribution < 1.29 is 4.74 Å². The molecule has 0 radical (unpaired) electrons. The first-order chi connectivity index (χ1) is 12.2. The van der Waals surface area contributed by atoms with Gasteiger partial charge in [0.15, 0.2) is 5.96 Å². The summed E-state index contributed by atoms with van der Waals surface area (Å²) in [7, 11) is 3.50. The molecule has 2 rings (SSSR count). The topological polar surface area (TPSA) is 57.7 Å². The molecule has 1 heterocycles. The van der Waals surface area contributed by atoms with Crippen LogP contribution in [0.3, 0.4) is 0 Å². The number of guanidine groups is 1. The first-order valence-corrected chi connectivity index (χ1v) is 9.40. The van der Waals surface area contributed by atoms with E-state index in [1.54, 1.807) is 14.2 Å². The van der Waals surface area contributed by atoms with Crippen LogP contribution < -0.4 is 16.0 Å². The van der Waals surface area contributed by atoms with E-state index in [1.807, 2.05) is 11.3 Å². The fourth-order valence-electron chi connectivity index (χ4n) is 2.32. The summed E-state index contributed by atoms with van der Waals surface area (Å²) in [4.78, 5) is 7.03. The summed E-state index contributed by atoms with van der Waals surface area (Å²) < 4.78 is 5.04. The molecule has 0 atom stereocenters. The van der Waals surface area contributed by atoms with Gasteiger partial charge in [-0.15, -0.1) is 35.3 Å². The maximum absolute atomic E-state index is 5.04. The Balaban J connectivity index is 0.00000338. The average molecular weight is 488 g/mol. The van der Waals surface area contributed by atoms with Gasteiger partial charge in [-0.25, -0.2) is 0 Å². The van der Waals surface area contributed by atoms with E-state index in [-0.39, 0.29) is 24.0 Å². The molecule has 2 aromatic rings. The van der Waals surface area contributed by atoms with Crippen molar-refractivity contribution in [1.29, 1.82) is 0 Å². The smallest absolute Gasteiger partial charge is 0.191 e. The van der Waals surface area contributed by atoms with E-state index in [0.717, 1.165) is 37.7 Å². The normalized spacial score (nSPS) is 11.0. The number of halogens is 1. The summed E-state index contributed by atoms with van der Waals surface area (Å²) in [5.41, 5.74) is 2.32. The number of anilines is 1. The number of benzene rings is 1. The number of methoxy groups -OCH3 is 1. The first kappa shape index (κ1) is 22.7. The number of nitrogens with one attached hydrogen (secondary N) is 3. The summed E-state index contributed by atoms with van der Waals surface area (Å²) in [5.74, 6) is 0.814. The summed E-state index contributed by atoms with van der Waals surface area (Å²) in [6.45, 7) is 5.24. The number of hydrogen-bond acceptors (Lipinski definition) is 4. The number of aryl methyl sites for hydroxylation is 1. The fraction of sp³-hybridized carbons (Fsp3) is 0.421. The van der Waals surface area contributed by atoms with Crippen molar-refractivity contribution in [2.24, 2.45) is 4.99 Å². The largest absolute Gasteiger partial charge is 0.383 e. The molecule has 0 aliphatic heterocycles. The molecule has 5 nitrogen and oxygen atoms in total. The van der Waals surface area contributed by atoms with Gasteiger partial charge < -0.3 is 20.7 Å². The van der Waals surface area contributed by atoms with E-state index in [9.17, 15) is 0 Å². The van der Waals surface area contributed by atoms with Gasteiger partial charge in [-0.2, -0.15) is 0 Å². The summed E-state index contributed by atoms with van der Waals surface area (Å²) in [5, 5.41) is 10.0. The van der Waals surface area contributed by atoms with Crippen LogP contribution in [0.4, 0.5) is 5.69 Å². The zero-order valence-electron chi connectivity index (χ0n) is 15.7. The van der Waals surface area contributed by atoms with Crippen LogP contribution in [0.25, 0.3) is 0 Å². The van der Waals surface area contributed by atoms with E-state index < -0.39 is 0 Å². The summed E-state index contributed by atoms with van der Waals surface area (Å²) >= 11 is 1.85. The van der Waals surface area contributed by atoms with E-state index in [2.05, 4.69) is 64.3 Å². The van der Waals surface area contributed by atoms with Crippen molar-refractivity contribution in [2.75, 3.05) is 32.6 Å². The molecule has 1 aromatic heterocycles. The lowest BCUT2D eigenvalue weighted by atomic mass is 10.2. The van der Waals surface area contributed by atoms with Crippen LogP contribution >= 0.6 is 35.3 Å². The molecular weight excluding hydrogens is 459 g/mol. The number of aliphatic imine (C=N–C) groups is 1. The lowest BCUT2D eigenvalue weighted by Crippen LogP contribution is -2.36. The zero-order valence-corrected chi connectivity index (χ0v) is 18.8. The minimum absolute atomic E-state index is 0. The van der Waals surface area contributed by atoms with Gasteiger partial charge in [0.1, 0.15) is 0 Å². The number of thiophene rings is 1. The molecule has 26 heavy (non-hydrogen) atoms. The monoisotopic (exact) mass is 488 g/mol. The standard InChI is InChI=1S/C19H28N4OS.HI/c1-4-17-9-10-18(25-17)14-23-19(20-2)22-13-15-5-7-16(8-6-15)21-11-12-24-3;/h5-10,21H,4,11-14H2,1-3H3,(H2,20,22,23);1H. The second-order valence-corrected chi connectivity index (χ2v) is 6.87. The van der Waals surface area contributed by atoms with Gasteiger partial charge in [0, 0.05) is 42.7 Å². The van der Waals surface area contributed by atoms with E-state index in [0.29, 0.717) is 6.61 Å². The highest BCUT2D eigenvalue weighted by Crippen LogP contribution is 2.16. The Bertz CT molecular complexity index is 658. The predicted molar refractivity (Wildman–Crippen MR) is 123 cm³/mol. The highest BCUT2D eigenvalue weighted by molar-refractivity contribution is 14.0. The van der Waals surface area contributed by atoms with Gasteiger partial charge in [-0.3, -0.25) is 4.99 Å². The summed E-state index contributed by atoms with van der Waals surface area (Å²) in [6, 6.07) is 12.8. The second kappa shape index (κ2) is 12.9. The molecule has 0 amide bonds. The van der Waals surface area contributed by atoms with Gasteiger partial charge in [0.2, 0.25) is 0 Å². The van der Waals surface area contributed by atoms with Gasteiger partial charge in [-0.1, -0.05) is 19.1 Å². The third-order valence-corrected chi connectivity index (χ3v) is 5.00. The molecule has 144 valence electrons. The van der Waals surface area contributed by atoms with Crippen LogP contribution in [0.15, 0.2) is 41.4 Å². The van der Waals surface area contributed by atoms with Crippen molar-refractivity contribution in [3.8, 4) is 0 Å². The molecule has 0 fully saturated rings. The molecule has 0 spiro atoms. The molecule has 0 saturated heterocycles. The number of hydrogen-bond donors (Lipinski definition) is 3. The Labute approximate surface area is 177 Å². The second-order valence-electron chi connectivity index (χ2n) is 5.62. The molecule has 0 aliphatic rings.